The Hall–Kier alpha value is -3.35. The Bertz CT molecular complexity index is 1100. The number of amides is 3. The second-order valence-corrected chi connectivity index (χ2v) is 11.5. The molecule has 2 N–H and O–H groups in total. The van der Waals surface area contributed by atoms with Gasteiger partial charge in [0.2, 0.25) is 5.91 Å². The van der Waals surface area contributed by atoms with E-state index in [4.69, 9.17) is 4.74 Å². The number of rotatable bonds is 8. The Kier molecular flexibility index (Phi) is 8.67. The van der Waals surface area contributed by atoms with Gasteiger partial charge in [-0.25, -0.2) is 4.79 Å². The maximum absolute atomic E-state index is 14.2. The molecule has 3 amide bonds. The van der Waals surface area contributed by atoms with Crippen LogP contribution in [0.1, 0.15) is 70.7 Å². The van der Waals surface area contributed by atoms with Gasteiger partial charge in [-0.2, -0.15) is 0 Å². The van der Waals surface area contributed by atoms with Crippen LogP contribution in [0.3, 0.4) is 0 Å². The zero-order chi connectivity index (χ0) is 27.5. The molecule has 1 aliphatic rings. The number of benzene rings is 2. The van der Waals surface area contributed by atoms with E-state index in [1.165, 1.54) is 0 Å². The topological polar surface area (TPSA) is 87.7 Å². The first-order chi connectivity index (χ1) is 17.3. The van der Waals surface area contributed by atoms with E-state index >= 15 is 0 Å². The molecule has 0 spiro atoms. The molecule has 0 aromatic heterocycles. The van der Waals surface area contributed by atoms with Gasteiger partial charge in [-0.15, -0.1) is 0 Å². The van der Waals surface area contributed by atoms with Gasteiger partial charge in [0.1, 0.15) is 17.7 Å². The number of ether oxygens (including phenoxy) is 1. The van der Waals surface area contributed by atoms with E-state index < -0.39 is 23.8 Å². The van der Waals surface area contributed by atoms with Crippen molar-refractivity contribution in [2.75, 3.05) is 5.32 Å². The summed E-state index contributed by atoms with van der Waals surface area (Å²) in [5.74, 6) is -0.538. The number of carbonyl (C=O) groups excluding carboxylic acids is 3. The number of alkyl carbamates (subject to hydrolysis) is 1. The lowest BCUT2D eigenvalue weighted by Gasteiger charge is -2.36. The van der Waals surface area contributed by atoms with E-state index in [0.717, 1.165) is 28.8 Å². The highest BCUT2D eigenvalue weighted by atomic mass is 16.6. The number of para-hydroxylation sites is 1. The van der Waals surface area contributed by atoms with Gasteiger partial charge in [0.05, 0.1) is 0 Å². The lowest BCUT2D eigenvalue weighted by atomic mass is 9.98. The largest absolute Gasteiger partial charge is 0.444 e. The van der Waals surface area contributed by atoms with Crippen molar-refractivity contribution in [2.24, 2.45) is 11.8 Å². The monoisotopic (exact) mass is 507 g/mol. The van der Waals surface area contributed by atoms with E-state index in [9.17, 15) is 14.4 Å². The minimum absolute atomic E-state index is 0.108. The fourth-order valence-electron chi connectivity index (χ4n) is 4.56. The summed E-state index contributed by atoms with van der Waals surface area (Å²) in [7, 11) is 0. The molecule has 200 valence electrons. The smallest absolute Gasteiger partial charge is 0.408 e. The highest BCUT2D eigenvalue weighted by Gasteiger charge is 2.48. The minimum atomic E-state index is -0.857. The maximum atomic E-state index is 14.2. The van der Waals surface area contributed by atoms with Crippen LogP contribution in [0.15, 0.2) is 48.5 Å². The quantitative estimate of drug-likeness (QED) is 0.475. The molecule has 0 heterocycles. The van der Waals surface area contributed by atoms with Crippen LogP contribution in [0, 0.1) is 25.7 Å². The maximum Gasteiger partial charge on any atom is 0.408 e. The summed E-state index contributed by atoms with van der Waals surface area (Å²) in [6, 6.07) is 13.4. The number of carbonyl (C=O) groups is 3. The number of hydrogen-bond acceptors (Lipinski definition) is 4. The first kappa shape index (κ1) is 28.2. The average molecular weight is 508 g/mol. The summed E-state index contributed by atoms with van der Waals surface area (Å²) < 4.78 is 5.44. The van der Waals surface area contributed by atoms with Crippen LogP contribution in [0.5, 0.6) is 0 Å². The van der Waals surface area contributed by atoms with Gasteiger partial charge in [-0.3, -0.25) is 9.59 Å². The predicted molar refractivity (Wildman–Crippen MR) is 146 cm³/mol. The molecular weight excluding hydrogens is 466 g/mol. The molecule has 2 aromatic rings. The van der Waals surface area contributed by atoms with Gasteiger partial charge < -0.3 is 20.3 Å². The molecule has 0 bridgehead atoms. The van der Waals surface area contributed by atoms with Crippen molar-refractivity contribution in [1.82, 2.24) is 10.2 Å². The van der Waals surface area contributed by atoms with Crippen LogP contribution in [0.25, 0.3) is 0 Å². The second-order valence-electron chi connectivity index (χ2n) is 11.5. The predicted octanol–water partition coefficient (Wildman–Crippen LogP) is 5.77. The van der Waals surface area contributed by atoms with Crippen molar-refractivity contribution < 1.29 is 19.1 Å². The molecule has 0 aliphatic heterocycles. The summed E-state index contributed by atoms with van der Waals surface area (Å²) in [4.78, 5) is 42.5. The second kappa shape index (κ2) is 11.4. The number of aryl methyl sites for hydroxylation is 2. The molecule has 2 aromatic carbocycles. The summed E-state index contributed by atoms with van der Waals surface area (Å²) in [5.41, 5.74) is 2.67. The minimum Gasteiger partial charge on any atom is -0.444 e. The molecule has 1 fully saturated rings. The molecule has 37 heavy (non-hydrogen) atoms. The van der Waals surface area contributed by atoms with Crippen molar-refractivity contribution in [1.29, 1.82) is 0 Å². The molecule has 1 aliphatic carbocycles. The third-order valence-corrected chi connectivity index (χ3v) is 6.65. The Morgan fingerprint density at radius 3 is 2.03 bits per heavy atom. The van der Waals surface area contributed by atoms with Crippen molar-refractivity contribution in [3.8, 4) is 0 Å². The zero-order valence-corrected chi connectivity index (χ0v) is 23.3. The Balaban J connectivity index is 2.01. The molecule has 1 saturated carbocycles. The summed E-state index contributed by atoms with van der Waals surface area (Å²) in [6.45, 7) is 15.1. The molecule has 7 nitrogen and oxygen atoms in total. The summed E-state index contributed by atoms with van der Waals surface area (Å²) in [6.07, 6.45) is 0.141. The highest BCUT2D eigenvalue weighted by molar-refractivity contribution is 6.00. The molecule has 7 heteroatoms. The van der Waals surface area contributed by atoms with E-state index in [0.29, 0.717) is 0 Å². The molecule has 4 atom stereocenters. The Labute approximate surface area is 221 Å². The van der Waals surface area contributed by atoms with Gasteiger partial charge in [0.15, 0.2) is 0 Å². The van der Waals surface area contributed by atoms with Crippen molar-refractivity contribution in [3.05, 3.63) is 65.2 Å². The van der Waals surface area contributed by atoms with Crippen LogP contribution in [0.2, 0.25) is 0 Å². The molecular formula is C30H41N3O4. The van der Waals surface area contributed by atoms with Gasteiger partial charge >= 0.3 is 6.09 Å². The third kappa shape index (κ3) is 7.12. The molecule has 4 unspecified atom stereocenters. The van der Waals surface area contributed by atoms with Crippen molar-refractivity contribution >= 4 is 23.6 Å². The summed E-state index contributed by atoms with van der Waals surface area (Å²) >= 11 is 0. The summed E-state index contributed by atoms with van der Waals surface area (Å²) in [5, 5.41) is 5.88. The van der Waals surface area contributed by atoms with Crippen molar-refractivity contribution in [2.45, 2.75) is 85.5 Å². The first-order valence-corrected chi connectivity index (χ1v) is 13.0. The Morgan fingerprint density at radius 2 is 1.54 bits per heavy atom. The molecule has 3 rings (SSSR count). The van der Waals surface area contributed by atoms with Crippen LogP contribution >= 0.6 is 0 Å². The molecule has 0 radical (unpaired) electrons. The number of hydrogen-bond donors (Lipinski definition) is 2. The standard InChI is InChI=1S/C30H41N3O4/c1-18(2)24(32-29(36)37-30(6,7)8)28(35)33(23-17-21(23)5)26(22-15-10-9-11-16-22)27(34)31-25-19(3)13-12-14-20(25)4/h9-16,18,21,23-24,26H,17H2,1-8H3,(H,31,34)(H,32,36). The van der Waals surface area contributed by atoms with E-state index in [-0.39, 0.29) is 29.7 Å². The Morgan fingerprint density at radius 1 is 0.973 bits per heavy atom. The first-order valence-electron chi connectivity index (χ1n) is 13.0. The number of anilines is 1. The normalized spacial score (nSPS) is 18.5. The fraction of sp³-hybridized carbons (Fsp3) is 0.500. The zero-order valence-electron chi connectivity index (χ0n) is 23.3. The van der Waals surface area contributed by atoms with Gasteiger partial charge in [0.25, 0.3) is 5.91 Å². The number of nitrogens with one attached hydrogen (secondary N) is 2. The molecule has 0 saturated heterocycles. The van der Waals surface area contributed by atoms with E-state index in [1.807, 2.05) is 76.2 Å². The third-order valence-electron chi connectivity index (χ3n) is 6.65. The van der Waals surface area contributed by atoms with E-state index in [2.05, 4.69) is 17.6 Å². The van der Waals surface area contributed by atoms with Gasteiger partial charge in [-0.1, -0.05) is 69.3 Å². The number of nitrogens with zero attached hydrogens (tertiary/aromatic N) is 1. The lowest BCUT2D eigenvalue weighted by Crippen LogP contribution is -2.55. The van der Waals surface area contributed by atoms with Gasteiger partial charge in [-0.05, 0) is 69.6 Å². The SMILES string of the molecule is Cc1cccc(C)c1NC(=O)C(c1ccccc1)N(C(=O)C(NC(=O)OC(C)(C)C)C(C)C)C1CC1C. The van der Waals surface area contributed by atoms with Crippen LogP contribution < -0.4 is 10.6 Å². The van der Waals surface area contributed by atoms with E-state index in [1.54, 1.807) is 25.7 Å². The van der Waals surface area contributed by atoms with Gasteiger partial charge in [0, 0.05) is 11.7 Å². The highest BCUT2D eigenvalue weighted by Crippen LogP contribution is 2.41. The van der Waals surface area contributed by atoms with Crippen LogP contribution in [0.4, 0.5) is 10.5 Å². The van der Waals surface area contributed by atoms with Crippen LogP contribution in [-0.2, 0) is 14.3 Å². The fourth-order valence-corrected chi connectivity index (χ4v) is 4.56. The lowest BCUT2D eigenvalue weighted by molar-refractivity contribution is -0.142. The van der Waals surface area contributed by atoms with Crippen molar-refractivity contribution in [3.63, 3.8) is 0 Å². The average Bonchev–Trinajstić information content (AvgIpc) is 3.52. The van der Waals surface area contributed by atoms with Crippen LogP contribution in [-0.4, -0.2) is 40.5 Å².